The van der Waals surface area contributed by atoms with Gasteiger partial charge in [0.15, 0.2) is 0 Å². The van der Waals surface area contributed by atoms with Crippen LogP contribution in [-0.2, 0) is 6.54 Å². The van der Waals surface area contributed by atoms with Gasteiger partial charge in [-0.15, -0.1) is 0 Å². The van der Waals surface area contributed by atoms with Crippen molar-refractivity contribution >= 4 is 21.9 Å². The molecule has 0 amide bonds. The Labute approximate surface area is 162 Å². The van der Waals surface area contributed by atoms with Crippen molar-refractivity contribution in [1.29, 1.82) is 0 Å². The minimum absolute atomic E-state index is 0.207. The van der Waals surface area contributed by atoms with E-state index in [0.29, 0.717) is 27.7 Å². The van der Waals surface area contributed by atoms with Gasteiger partial charge in [-0.1, -0.05) is 0 Å². The van der Waals surface area contributed by atoms with Crippen molar-refractivity contribution in [3.8, 4) is 11.1 Å². The zero-order valence-corrected chi connectivity index (χ0v) is 14.9. The molecule has 29 heavy (non-hydrogen) atoms. The third-order valence-corrected chi connectivity index (χ3v) is 4.83. The van der Waals surface area contributed by atoms with Crippen LogP contribution < -0.4 is 5.56 Å². The SMILES string of the molecule is O=c1c2ccncc2ncn1Cc1c(F)cc(-c2cnc3[nH]ccc3c2)cc1F. The molecule has 5 rings (SSSR count). The van der Waals surface area contributed by atoms with E-state index >= 15 is 0 Å². The van der Waals surface area contributed by atoms with Crippen molar-refractivity contribution in [2.45, 2.75) is 6.54 Å². The lowest BCUT2D eigenvalue weighted by molar-refractivity contribution is 0.541. The number of aromatic nitrogens is 5. The van der Waals surface area contributed by atoms with Crippen molar-refractivity contribution in [3.63, 3.8) is 0 Å². The fourth-order valence-electron chi connectivity index (χ4n) is 3.31. The number of hydrogen-bond acceptors (Lipinski definition) is 4. The smallest absolute Gasteiger partial charge is 0.261 e. The Morgan fingerprint density at radius 2 is 1.83 bits per heavy atom. The Hall–Kier alpha value is -3.94. The minimum atomic E-state index is -0.740. The predicted octanol–water partition coefficient (Wildman–Crippen LogP) is 3.66. The van der Waals surface area contributed by atoms with E-state index in [-0.39, 0.29) is 17.7 Å². The molecule has 1 aromatic carbocycles. The normalized spacial score (nSPS) is 11.4. The molecular formula is C21H13F2N5O. The van der Waals surface area contributed by atoms with Crippen molar-refractivity contribution in [2.75, 3.05) is 0 Å². The van der Waals surface area contributed by atoms with Gasteiger partial charge in [-0.05, 0) is 35.9 Å². The fraction of sp³-hybridized carbons (Fsp3) is 0.0476. The molecule has 142 valence electrons. The molecule has 0 aliphatic heterocycles. The molecule has 0 saturated carbocycles. The molecule has 0 atom stereocenters. The van der Waals surface area contributed by atoms with Gasteiger partial charge in [0, 0.05) is 35.1 Å². The van der Waals surface area contributed by atoms with E-state index in [0.717, 1.165) is 5.39 Å². The molecule has 0 radical (unpaired) electrons. The zero-order chi connectivity index (χ0) is 20.0. The van der Waals surface area contributed by atoms with Gasteiger partial charge in [0.25, 0.3) is 5.56 Å². The molecule has 0 unspecified atom stereocenters. The van der Waals surface area contributed by atoms with Crippen LogP contribution >= 0.6 is 0 Å². The van der Waals surface area contributed by atoms with Gasteiger partial charge in [0.1, 0.15) is 17.3 Å². The van der Waals surface area contributed by atoms with Crippen molar-refractivity contribution in [1.82, 2.24) is 24.5 Å². The number of H-pyrrole nitrogens is 1. The summed E-state index contributed by atoms with van der Waals surface area (Å²) in [4.78, 5) is 27.8. The number of halogens is 2. The van der Waals surface area contributed by atoms with Gasteiger partial charge in [-0.2, -0.15) is 0 Å². The van der Waals surface area contributed by atoms with E-state index in [1.165, 1.54) is 41.5 Å². The molecule has 4 heterocycles. The van der Waals surface area contributed by atoms with Crippen LogP contribution in [0.5, 0.6) is 0 Å². The van der Waals surface area contributed by atoms with Crippen LogP contribution in [0.1, 0.15) is 5.56 Å². The van der Waals surface area contributed by atoms with Crippen molar-refractivity contribution in [3.05, 3.63) is 89.0 Å². The number of benzene rings is 1. The Bertz CT molecular complexity index is 1420. The van der Waals surface area contributed by atoms with E-state index in [9.17, 15) is 13.6 Å². The summed E-state index contributed by atoms with van der Waals surface area (Å²) >= 11 is 0. The van der Waals surface area contributed by atoms with Crippen molar-refractivity contribution in [2.24, 2.45) is 0 Å². The molecule has 6 nitrogen and oxygen atoms in total. The maximum atomic E-state index is 14.8. The van der Waals surface area contributed by atoms with Crippen LogP contribution in [0.2, 0.25) is 0 Å². The number of fused-ring (bicyclic) bond motifs is 2. The second-order valence-electron chi connectivity index (χ2n) is 6.63. The minimum Gasteiger partial charge on any atom is -0.346 e. The third-order valence-electron chi connectivity index (χ3n) is 4.83. The number of nitrogens with zero attached hydrogens (tertiary/aromatic N) is 4. The molecule has 1 N–H and O–H groups in total. The van der Waals surface area contributed by atoms with Gasteiger partial charge in [0.05, 0.1) is 30.0 Å². The first-order chi connectivity index (χ1) is 14.1. The Kier molecular flexibility index (Phi) is 3.90. The highest BCUT2D eigenvalue weighted by molar-refractivity contribution is 5.81. The second kappa shape index (κ2) is 6.59. The quantitative estimate of drug-likeness (QED) is 0.511. The van der Waals surface area contributed by atoms with E-state index in [1.54, 1.807) is 18.5 Å². The third kappa shape index (κ3) is 2.94. The van der Waals surface area contributed by atoms with Crippen LogP contribution in [0.15, 0.2) is 66.2 Å². The van der Waals surface area contributed by atoms with Gasteiger partial charge < -0.3 is 4.98 Å². The first-order valence-corrected chi connectivity index (χ1v) is 8.81. The van der Waals surface area contributed by atoms with Crippen LogP contribution in [0.25, 0.3) is 33.1 Å². The number of rotatable bonds is 3. The largest absolute Gasteiger partial charge is 0.346 e. The summed E-state index contributed by atoms with van der Waals surface area (Å²) in [6.45, 7) is -0.267. The number of hydrogen-bond donors (Lipinski definition) is 1. The maximum absolute atomic E-state index is 14.8. The number of aromatic amines is 1. The lowest BCUT2D eigenvalue weighted by Gasteiger charge is -2.11. The summed E-state index contributed by atoms with van der Waals surface area (Å²) in [5, 5.41) is 1.18. The van der Waals surface area contributed by atoms with Crippen molar-refractivity contribution < 1.29 is 8.78 Å². The molecule has 0 fully saturated rings. The first-order valence-electron chi connectivity index (χ1n) is 8.81. The highest BCUT2D eigenvalue weighted by atomic mass is 19.1. The molecule has 0 aliphatic rings. The van der Waals surface area contributed by atoms with E-state index < -0.39 is 11.6 Å². The zero-order valence-electron chi connectivity index (χ0n) is 14.9. The van der Waals surface area contributed by atoms with Gasteiger partial charge >= 0.3 is 0 Å². The lowest BCUT2D eigenvalue weighted by atomic mass is 10.0. The lowest BCUT2D eigenvalue weighted by Crippen LogP contribution is -2.22. The Morgan fingerprint density at radius 1 is 1.00 bits per heavy atom. The maximum Gasteiger partial charge on any atom is 0.261 e. The molecular weight excluding hydrogens is 376 g/mol. The monoisotopic (exact) mass is 389 g/mol. The van der Waals surface area contributed by atoms with Crippen LogP contribution in [-0.4, -0.2) is 24.5 Å². The van der Waals surface area contributed by atoms with E-state index in [1.807, 2.05) is 6.07 Å². The van der Waals surface area contributed by atoms with Crippen LogP contribution in [0, 0.1) is 11.6 Å². The Balaban J connectivity index is 1.55. The molecule has 0 spiro atoms. The molecule has 0 aliphatic carbocycles. The highest BCUT2D eigenvalue weighted by Gasteiger charge is 2.15. The highest BCUT2D eigenvalue weighted by Crippen LogP contribution is 2.26. The average molecular weight is 389 g/mol. The van der Waals surface area contributed by atoms with Crippen LogP contribution in [0.4, 0.5) is 8.78 Å². The van der Waals surface area contributed by atoms with Gasteiger partial charge in [-0.3, -0.25) is 14.3 Å². The number of nitrogens with one attached hydrogen (secondary N) is 1. The standard InChI is InChI=1S/C21H13F2N5O/c22-17-6-13(14-5-12-1-4-25-20(12)26-8-14)7-18(23)16(17)10-28-11-27-19-9-24-3-2-15(19)21(28)29/h1-9,11H,10H2,(H,25,26). The second-order valence-corrected chi connectivity index (χ2v) is 6.63. The summed E-state index contributed by atoms with van der Waals surface area (Å²) in [6.07, 6.45) is 7.51. The van der Waals surface area contributed by atoms with Gasteiger partial charge in [0.2, 0.25) is 0 Å². The molecule has 5 aromatic rings. The summed E-state index contributed by atoms with van der Waals surface area (Å²) < 4.78 is 30.7. The predicted molar refractivity (Wildman–Crippen MR) is 104 cm³/mol. The average Bonchev–Trinajstić information content (AvgIpc) is 3.20. The molecule has 0 bridgehead atoms. The summed E-state index contributed by atoms with van der Waals surface area (Å²) in [5.41, 5.74) is 1.50. The van der Waals surface area contributed by atoms with E-state index in [2.05, 4.69) is 19.9 Å². The molecule has 0 saturated heterocycles. The topological polar surface area (TPSA) is 76.5 Å². The molecule has 8 heteroatoms. The first kappa shape index (κ1) is 17.2. The summed E-state index contributed by atoms with van der Waals surface area (Å²) in [6, 6.07) is 7.66. The molecule has 4 aromatic heterocycles. The fourth-order valence-corrected chi connectivity index (χ4v) is 3.31. The summed E-state index contributed by atoms with van der Waals surface area (Å²) in [5.74, 6) is -1.48. The van der Waals surface area contributed by atoms with Crippen LogP contribution in [0.3, 0.4) is 0 Å². The Morgan fingerprint density at radius 3 is 2.66 bits per heavy atom. The van der Waals surface area contributed by atoms with E-state index in [4.69, 9.17) is 0 Å². The summed E-state index contributed by atoms with van der Waals surface area (Å²) in [7, 11) is 0. The van der Waals surface area contributed by atoms with Gasteiger partial charge in [-0.25, -0.2) is 18.7 Å². The number of pyridine rings is 2.